The van der Waals surface area contributed by atoms with Crippen LogP contribution in [0, 0.1) is 0 Å². The lowest BCUT2D eigenvalue weighted by Crippen LogP contribution is -1.96. The van der Waals surface area contributed by atoms with Crippen LogP contribution in [0.5, 0.6) is 0 Å². The third-order valence-corrected chi connectivity index (χ3v) is 20.6. The number of hydrogen-bond acceptors (Lipinski definition) is 8. The minimum Gasteiger partial charge on any atom is -0.455 e. The topological polar surface area (TPSA) is 104 Å². The fourth-order valence-corrected chi connectivity index (χ4v) is 15.2. The van der Waals surface area contributed by atoms with Gasteiger partial charge in [0.2, 0.25) is 0 Å². The average Bonchev–Trinajstić information content (AvgIpc) is 1.55. The molecule has 0 aliphatic heterocycles. The average molecular weight is 1380 g/mol. The Bertz CT molecular complexity index is 6940. The number of hydrogen-bond donors (Lipinski definition) is 0. The van der Waals surface area contributed by atoms with Crippen molar-refractivity contribution >= 4 is 87.2 Å². The number of rotatable bonds is 11. The number of furan rings is 2. The van der Waals surface area contributed by atoms with E-state index < -0.39 is 0 Å². The van der Waals surface area contributed by atoms with Crippen LogP contribution in [0.4, 0.5) is 0 Å². The third kappa shape index (κ3) is 11.6. The smallest absolute Gasteiger partial charge is 0.160 e. The lowest BCUT2D eigenvalue weighted by molar-refractivity contribution is 0.672. The molecule has 0 bridgehead atoms. The van der Waals surface area contributed by atoms with Crippen molar-refractivity contribution in [2.24, 2.45) is 0 Å². The second-order valence-corrected chi connectivity index (χ2v) is 27.2. The van der Waals surface area contributed by atoms with Crippen LogP contribution < -0.4 is 0 Å². The Hall–Kier alpha value is -14.6. The molecular formula is C100H62N6O2. The van der Waals surface area contributed by atoms with Crippen LogP contribution in [-0.2, 0) is 0 Å². The van der Waals surface area contributed by atoms with E-state index in [4.69, 9.17) is 38.7 Å². The first-order valence-corrected chi connectivity index (χ1v) is 36.3. The van der Waals surface area contributed by atoms with Gasteiger partial charge in [-0.3, -0.25) is 0 Å². The highest BCUT2D eigenvalue weighted by Crippen LogP contribution is 2.45. The molecule has 15 aromatic carbocycles. The van der Waals surface area contributed by atoms with Crippen molar-refractivity contribution in [1.29, 1.82) is 0 Å². The molecule has 0 radical (unpaired) electrons. The molecule has 8 heteroatoms. The molecule has 0 atom stereocenters. The van der Waals surface area contributed by atoms with Gasteiger partial charge in [-0.1, -0.05) is 328 Å². The van der Waals surface area contributed by atoms with Crippen LogP contribution in [0.1, 0.15) is 0 Å². The molecule has 0 saturated carbocycles. The Balaban J connectivity index is 0.000000143. The highest BCUT2D eigenvalue weighted by molar-refractivity contribution is 6.23. The molecule has 0 aliphatic carbocycles. The van der Waals surface area contributed by atoms with E-state index in [0.717, 1.165) is 172 Å². The zero-order chi connectivity index (χ0) is 71.4. The lowest BCUT2D eigenvalue weighted by atomic mass is 9.96. The minimum absolute atomic E-state index is 0.690. The fraction of sp³-hybridized carbons (Fsp3) is 0. The number of fused-ring (bicyclic) bond motifs is 12. The van der Waals surface area contributed by atoms with Gasteiger partial charge in [0.05, 0.1) is 56.0 Å². The highest BCUT2D eigenvalue weighted by Gasteiger charge is 2.23. The van der Waals surface area contributed by atoms with E-state index in [2.05, 4.69) is 291 Å². The zero-order valence-electron chi connectivity index (χ0n) is 58.3. The summed E-state index contributed by atoms with van der Waals surface area (Å²) in [6.07, 6.45) is 0. The summed E-state index contributed by atoms with van der Waals surface area (Å²) in [5, 5.41) is 10.9. The number of para-hydroxylation sites is 2. The SMILES string of the molecule is c1ccc(-c2cc(-c3ccc(-c4ccc5nc(-c6cccc7ccccc67)c6c7ccccc7oc6c5c4)cc3)nc(-c3ccccc3)n2)cc1.c1ccc(-c2ccc(-c3nc(-c4ccccc4)cc(-c4ccc(-c5ccc6nc(-c7cccc8ccccc78)c7c8ccccc8oc7c6c5)cc4)n3)cc2)cc1. The Morgan fingerprint density at radius 1 is 0.185 bits per heavy atom. The Morgan fingerprint density at radius 2 is 0.472 bits per heavy atom. The van der Waals surface area contributed by atoms with Gasteiger partial charge in [0.25, 0.3) is 0 Å². The fourth-order valence-electron chi connectivity index (χ4n) is 15.2. The predicted octanol–water partition coefficient (Wildman–Crippen LogP) is 26.5. The second-order valence-electron chi connectivity index (χ2n) is 27.2. The van der Waals surface area contributed by atoms with Gasteiger partial charge in [-0.25, -0.2) is 29.9 Å². The Kier molecular flexibility index (Phi) is 15.7. The van der Waals surface area contributed by atoms with E-state index in [1.807, 2.05) is 84.9 Å². The van der Waals surface area contributed by atoms with Crippen molar-refractivity contribution in [2.75, 3.05) is 0 Å². The maximum Gasteiger partial charge on any atom is 0.160 e. The third-order valence-electron chi connectivity index (χ3n) is 20.6. The predicted molar refractivity (Wildman–Crippen MR) is 444 cm³/mol. The van der Waals surface area contributed by atoms with Gasteiger partial charge in [-0.05, 0) is 103 Å². The summed E-state index contributed by atoms with van der Waals surface area (Å²) in [5.41, 5.74) is 25.6. The van der Waals surface area contributed by atoms with E-state index >= 15 is 0 Å². The van der Waals surface area contributed by atoms with Crippen LogP contribution in [0.15, 0.2) is 385 Å². The van der Waals surface area contributed by atoms with Crippen LogP contribution >= 0.6 is 0 Å². The van der Waals surface area contributed by atoms with E-state index in [0.29, 0.717) is 11.6 Å². The summed E-state index contributed by atoms with van der Waals surface area (Å²) in [7, 11) is 0. The van der Waals surface area contributed by atoms with Crippen molar-refractivity contribution < 1.29 is 8.83 Å². The van der Waals surface area contributed by atoms with Crippen LogP contribution in [0.25, 0.3) is 211 Å². The van der Waals surface area contributed by atoms with Crippen molar-refractivity contribution in [3.8, 4) is 124 Å². The maximum atomic E-state index is 6.68. The summed E-state index contributed by atoms with van der Waals surface area (Å²) >= 11 is 0. The Morgan fingerprint density at radius 3 is 0.889 bits per heavy atom. The summed E-state index contributed by atoms with van der Waals surface area (Å²) in [6, 6.07) is 130. The molecule has 504 valence electrons. The van der Waals surface area contributed by atoms with Gasteiger partial charge in [-0.15, -0.1) is 0 Å². The standard InChI is InChI=1S/C53H33N3O.C47H29N3O/c1-3-12-34(13-4-1)35-24-28-40(29-25-35)53-55-47(38-15-5-2-6-16-38)33-48(56-53)39-26-22-36(23-27-39)41-30-31-46-45(32-41)52-50(44-19-9-10-21-49(44)57-52)51(54-46)43-20-11-17-37-14-7-8-18-42(37)43;1-3-13-32(14-4-1)41-29-42(50-47(49-41)34-15-5-2-6-16-34)33-24-22-30(23-25-33)35-26-27-40-39(28-35)46-44(38-19-9-10-21-43(38)51-46)45(48-40)37-20-11-17-31-12-7-8-18-36(31)37/h1-33H;1-29H. The molecule has 8 nitrogen and oxygen atoms in total. The lowest BCUT2D eigenvalue weighted by Gasteiger charge is -2.12. The molecule has 0 amide bonds. The summed E-state index contributed by atoms with van der Waals surface area (Å²) in [4.78, 5) is 30.8. The van der Waals surface area contributed by atoms with E-state index in [1.165, 1.54) is 27.1 Å². The molecule has 6 heterocycles. The van der Waals surface area contributed by atoms with Crippen molar-refractivity contribution in [2.45, 2.75) is 0 Å². The largest absolute Gasteiger partial charge is 0.455 e. The molecule has 0 aliphatic rings. The highest BCUT2D eigenvalue weighted by atomic mass is 16.3. The van der Waals surface area contributed by atoms with Gasteiger partial charge < -0.3 is 8.83 Å². The van der Waals surface area contributed by atoms with Gasteiger partial charge in [0.15, 0.2) is 11.6 Å². The zero-order valence-corrected chi connectivity index (χ0v) is 58.3. The molecule has 0 spiro atoms. The van der Waals surface area contributed by atoms with Gasteiger partial charge in [-0.2, -0.15) is 0 Å². The summed E-state index contributed by atoms with van der Waals surface area (Å²) in [5.74, 6) is 1.39. The number of nitrogens with zero attached hydrogens (tertiary/aromatic N) is 6. The molecular weight excluding hydrogens is 1320 g/mol. The van der Waals surface area contributed by atoms with Gasteiger partial charge >= 0.3 is 0 Å². The summed E-state index contributed by atoms with van der Waals surface area (Å²) in [6.45, 7) is 0. The molecule has 0 unspecified atom stereocenters. The maximum absolute atomic E-state index is 6.68. The normalized spacial score (nSPS) is 11.5. The number of aromatic nitrogens is 6. The van der Waals surface area contributed by atoms with E-state index in [9.17, 15) is 0 Å². The molecule has 0 N–H and O–H groups in total. The van der Waals surface area contributed by atoms with Crippen molar-refractivity contribution in [1.82, 2.24) is 29.9 Å². The first-order chi connectivity index (χ1) is 53.5. The quantitative estimate of drug-likeness (QED) is 0.126. The van der Waals surface area contributed by atoms with Gasteiger partial charge in [0.1, 0.15) is 22.3 Å². The number of benzene rings is 15. The van der Waals surface area contributed by atoms with Gasteiger partial charge in [0, 0.05) is 66.1 Å². The second kappa shape index (κ2) is 26.9. The molecule has 0 fully saturated rings. The monoisotopic (exact) mass is 1380 g/mol. The van der Waals surface area contributed by atoms with Crippen molar-refractivity contribution in [3.63, 3.8) is 0 Å². The molecule has 21 aromatic rings. The van der Waals surface area contributed by atoms with Crippen molar-refractivity contribution in [3.05, 3.63) is 376 Å². The van der Waals surface area contributed by atoms with Crippen LogP contribution in [-0.4, -0.2) is 29.9 Å². The molecule has 21 rings (SSSR count). The van der Waals surface area contributed by atoms with Crippen LogP contribution in [0.3, 0.4) is 0 Å². The van der Waals surface area contributed by atoms with Crippen LogP contribution in [0.2, 0.25) is 0 Å². The van der Waals surface area contributed by atoms with E-state index in [1.54, 1.807) is 0 Å². The minimum atomic E-state index is 0.690. The molecule has 108 heavy (non-hydrogen) atoms. The number of pyridine rings is 2. The molecule has 0 saturated heterocycles. The van der Waals surface area contributed by atoms with E-state index in [-0.39, 0.29) is 0 Å². The first-order valence-electron chi connectivity index (χ1n) is 36.3. The summed E-state index contributed by atoms with van der Waals surface area (Å²) < 4.78 is 13.3. The Labute approximate surface area is 621 Å². The first kappa shape index (κ1) is 63.1. The molecule has 6 aromatic heterocycles.